The molecule has 5 nitrogen and oxygen atoms in total. The van der Waals surface area contributed by atoms with Gasteiger partial charge in [0.05, 0.1) is 0 Å². The molecule has 0 aromatic heterocycles. The lowest BCUT2D eigenvalue weighted by molar-refractivity contribution is -0.137. The quantitative estimate of drug-likeness (QED) is 0.840. The van der Waals surface area contributed by atoms with Crippen molar-refractivity contribution in [2.75, 3.05) is 31.9 Å². The number of carboxylic acids is 1. The molecule has 1 atom stereocenters. The molecule has 1 aliphatic heterocycles. The first-order valence-electron chi connectivity index (χ1n) is 6.81. The number of hydrogen-bond donors (Lipinski definition) is 1. The number of carbonyl (C=O) groups is 2. The molecular formula is C13H24N2O3S. The maximum Gasteiger partial charge on any atom is 0.323 e. The molecule has 0 aromatic rings. The fourth-order valence-corrected chi connectivity index (χ4v) is 3.33. The van der Waals surface area contributed by atoms with Crippen molar-refractivity contribution in [1.82, 2.24) is 9.80 Å². The molecule has 110 valence electrons. The highest BCUT2D eigenvalue weighted by molar-refractivity contribution is 8.00. The zero-order chi connectivity index (χ0) is 14.4. The molecule has 1 rings (SSSR count). The minimum Gasteiger partial charge on any atom is -0.480 e. The van der Waals surface area contributed by atoms with E-state index in [1.54, 1.807) is 4.90 Å². The zero-order valence-corrected chi connectivity index (χ0v) is 12.8. The minimum absolute atomic E-state index is 0.130. The SMILES string of the molecule is CCC1CN(C(=O)N(CC(=O)O)CC(C)C)CCS1. The largest absolute Gasteiger partial charge is 0.480 e. The first-order valence-corrected chi connectivity index (χ1v) is 7.86. The number of amides is 2. The number of carbonyl (C=O) groups excluding carboxylic acids is 1. The fourth-order valence-electron chi connectivity index (χ4n) is 2.15. The van der Waals surface area contributed by atoms with Crippen molar-refractivity contribution in [3.63, 3.8) is 0 Å². The third-order valence-corrected chi connectivity index (χ3v) is 4.42. The summed E-state index contributed by atoms with van der Waals surface area (Å²) < 4.78 is 0. The number of aliphatic carboxylic acids is 1. The van der Waals surface area contributed by atoms with Gasteiger partial charge in [0.25, 0.3) is 0 Å². The van der Waals surface area contributed by atoms with Crippen LogP contribution >= 0.6 is 11.8 Å². The molecule has 0 radical (unpaired) electrons. The van der Waals surface area contributed by atoms with E-state index in [-0.39, 0.29) is 18.5 Å². The molecule has 2 amide bonds. The Morgan fingerprint density at radius 2 is 2.16 bits per heavy atom. The van der Waals surface area contributed by atoms with Gasteiger partial charge in [-0.05, 0) is 12.3 Å². The number of thioether (sulfide) groups is 1. The van der Waals surface area contributed by atoms with Crippen molar-refractivity contribution in [1.29, 1.82) is 0 Å². The normalized spacial score (nSPS) is 19.6. The summed E-state index contributed by atoms with van der Waals surface area (Å²) in [4.78, 5) is 26.5. The third-order valence-electron chi connectivity index (χ3n) is 3.05. The lowest BCUT2D eigenvalue weighted by atomic mass is 10.2. The van der Waals surface area contributed by atoms with Gasteiger partial charge in [-0.3, -0.25) is 4.79 Å². The van der Waals surface area contributed by atoms with Crippen LogP contribution < -0.4 is 0 Å². The van der Waals surface area contributed by atoms with Gasteiger partial charge in [-0.25, -0.2) is 4.79 Å². The average molecular weight is 288 g/mol. The van der Waals surface area contributed by atoms with E-state index < -0.39 is 5.97 Å². The van der Waals surface area contributed by atoms with E-state index in [4.69, 9.17) is 5.11 Å². The van der Waals surface area contributed by atoms with Crippen molar-refractivity contribution in [2.24, 2.45) is 5.92 Å². The molecule has 1 unspecified atom stereocenters. The van der Waals surface area contributed by atoms with Gasteiger partial charge in [0, 0.05) is 30.6 Å². The fraction of sp³-hybridized carbons (Fsp3) is 0.846. The van der Waals surface area contributed by atoms with Gasteiger partial charge in [0.2, 0.25) is 0 Å². The van der Waals surface area contributed by atoms with Crippen LogP contribution in [0.25, 0.3) is 0 Å². The van der Waals surface area contributed by atoms with Gasteiger partial charge in [-0.15, -0.1) is 0 Å². The van der Waals surface area contributed by atoms with E-state index in [1.165, 1.54) is 4.90 Å². The van der Waals surface area contributed by atoms with Crippen LogP contribution in [0.2, 0.25) is 0 Å². The summed E-state index contributed by atoms with van der Waals surface area (Å²) in [6.07, 6.45) is 1.04. The van der Waals surface area contributed by atoms with Crippen LogP contribution in [0.3, 0.4) is 0 Å². The van der Waals surface area contributed by atoms with Crippen molar-refractivity contribution in [3.05, 3.63) is 0 Å². The van der Waals surface area contributed by atoms with Crippen molar-refractivity contribution >= 4 is 23.8 Å². The van der Waals surface area contributed by atoms with Crippen molar-refractivity contribution in [3.8, 4) is 0 Å². The van der Waals surface area contributed by atoms with E-state index in [0.717, 1.165) is 18.7 Å². The Morgan fingerprint density at radius 3 is 2.68 bits per heavy atom. The molecule has 1 N–H and O–H groups in total. The molecule has 0 spiro atoms. The van der Waals surface area contributed by atoms with Gasteiger partial charge < -0.3 is 14.9 Å². The molecular weight excluding hydrogens is 264 g/mol. The number of nitrogens with zero attached hydrogens (tertiary/aromatic N) is 2. The van der Waals surface area contributed by atoms with E-state index in [1.807, 2.05) is 25.6 Å². The van der Waals surface area contributed by atoms with Gasteiger partial charge in [-0.1, -0.05) is 20.8 Å². The first kappa shape index (κ1) is 16.1. The van der Waals surface area contributed by atoms with Crippen LogP contribution in [-0.2, 0) is 4.79 Å². The topological polar surface area (TPSA) is 60.9 Å². The Morgan fingerprint density at radius 1 is 1.47 bits per heavy atom. The zero-order valence-electron chi connectivity index (χ0n) is 12.0. The smallest absolute Gasteiger partial charge is 0.323 e. The highest BCUT2D eigenvalue weighted by atomic mass is 32.2. The molecule has 0 aromatic carbocycles. The van der Waals surface area contributed by atoms with E-state index >= 15 is 0 Å². The minimum atomic E-state index is -0.951. The Bertz CT molecular complexity index is 323. The van der Waals surface area contributed by atoms with Crippen LogP contribution in [-0.4, -0.2) is 64.1 Å². The summed E-state index contributed by atoms with van der Waals surface area (Å²) in [5.74, 6) is 0.254. The summed E-state index contributed by atoms with van der Waals surface area (Å²) in [6.45, 7) is 7.83. The second-order valence-electron chi connectivity index (χ2n) is 5.30. The predicted octanol–water partition coefficient (Wildman–Crippen LogP) is 1.98. The number of rotatable bonds is 5. The van der Waals surface area contributed by atoms with Gasteiger partial charge in [0.15, 0.2) is 0 Å². The average Bonchev–Trinajstić information content (AvgIpc) is 2.36. The van der Waals surface area contributed by atoms with Crippen LogP contribution in [0.1, 0.15) is 27.2 Å². The number of hydrogen-bond acceptors (Lipinski definition) is 3. The number of urea groups is 1. The first-order chi connectivity index (χ1) is 8.93. The molecule has 19 heavy (non-hydrogen) atoms. The Hall–Kier alpha value is -0.910. The summed E-state index contributed by atoms with van der Waals surface area (Å²) in [5, 5.41) is 9.40. The summed E-state index contributed by atoms with van der Waals surface area (Å²) in [6, 6.07) is -0.130. The van der Waals surface area contributed by atoms with Crippen molar-refractivity contribution in [2.45, 2.75) is 32.4 Å². The van der Waals surface area contributed by atoms with Crippen LogP contribution in [0.5, 0.6) is 0 Å². The number of carboxylic acid groups (broad SMARTS) is 1. The summed E-state index contributed by atoms with van der Waals surface area (Å²) in [7, 11) is 0. The Balaban J connectivity index is 2.66. The van der Waals surface area contributed by atoms with E-state index in [9.17, 15) is 9.59 Å². The maximum atomic E-state index is 12.4. The molecule has 0 aliphatic carbocycles. The van der Waals surface area contributed by atoms with E-state index in [2.05, 4.69) is 6.92 Å². The molecule has 0 bridgehead atoms. The second-order valence-corrected chi connectivity index (χ2v) is 6.71. The molecule has 1 aliphatic rings. The molecule has 0 saturated carbocycles. The van der Waals surface area contributed by atoms with Crippen LogP contribution in [0, 0.1) is 5.92 Å². The lowest BCUT2D eigenvalue weighted by Gasteiger charge is -2.36. The lowest BCUT2D eigenvalue weighted by Crippen LogP contribution is -2.50. The summed E-state index contributed by atoms with van der Waals surface area (Å²) >= 11 is 1.90. The van der Waals surface area contributed by atoms with Crippen molar-refractivity contribution < 1.29 is 14.7 Å². The second kappa shape index (κ2) is 7.62. The highest BCUT2D eigenvalue weighted by Crippen LogP contribution is 2.22. The monoisotopic (exact) mass is 288 g/mol. The molecule has 1 heterocycles. The van der Waals surface area contributed by atoms with E-state index in [0.29, 0.717) is 18.3 Å². The standard InChI is InChI=1S/C13H24N2O3S/c1-4-11-8-14(5-6-19-11)13(18)15(7-10(2)3)9-12(16)17/h10-11H,4-9H2,1-3H3,(H,16,17). The van der Waals surface area contributed by atoms with Gasteiger partial charge in [0.1, 0.15) is 6.54 Å². The third kappa shape index (κ3) is 5.30. The van der Waals surface area contributed by atoms with Gasteiger partial charge >= 0.3 is 12.0 Å². The van der Waals surface area contributed by atoms with Crippen LogP contribution in [0.4, 0.5) is 4.79 Å². The highest BCUT2D eigenvalue weighted by Gasteiger charge is 2.28. The van der Waals surface area contributed by atoms with Gasteiger partial charge in [-0.2, -0.15) is 11.8 Å². The summed E-state index contributed by atoms with van der Waals surface area (Å²) in [5.41, 5.74) is 0. The predicted molar refractivity (Wildman–Crippen MR) is 77.6 cm³/mol. The Kier molecular flexibility index (Phi) is 6.48. The maximum absolute atomic E-state index is 12.4. The van der Waals surface area contributed by atoms with Crippen LogP contribution in [0.15, 0.2) is 0 Å². The molecule has 1 saturated heterocycles. The molecule has 1 fully saturated rings. The molecule has 6 heteroatoms. The Labute approximate surface area is 119 Å².